The van der Waals surface area contributed by atoms with E-state index < -0.39 is 5.60 Å². The zero-order valence-electron chi connectivity index (χ0n) is 11.2. The lowest BCUT2D eigenvalue weighted by atomic mass is 9.76. The van der Waals surface area contributed by atoms with E-state index in [0.717, 1.165) is 24.8 Å². The predicted molar refractivity (Wildman–Crippen MR) is 68.5 cm³/mol. The van der Waals surface area contributed by atoms with E-state index in [1.807, 2.05) is 0 Å². The minimum Gasteiger partial charge on any atom is -0.389 e. The number of rotatable bonds is 1. The van der Waals surface area contributed by atoms with Crippen LogP contribution in [-0.4, -0.2) is 16.5 Å². The number of ketones is 1. The average molecular weight is 236 g/mol. The average Bonchev–Trinajstić information content (AvgIpc) is 2.50. The zero-order valence-corrected chi connectivity index (χ0v) is 11.2. The van der Waals surface area contributed by atoms with Gasteiger partial charge in [-0.05, 0) is 37.5 Å². The highest BCUT2D eigenvalue weighted by Crippen LogP contribution is 2.50. The molecule has 4 atom stereocenters. The molecular formula is C15H24O2. The third kappa shape index (κ3) is 1.87. The Bertz CT molecular complexity index is 345. The van der Waals surface area contributed by atoms with Crippen LogP contribution in [0.2, 0.25) is 0 Å². The molecule has 0 heterocycles. The predicted octanol–water partition coefficient (Wildman–Crippen LogP) is 2.95. The monoisotopic (exact) mass is 236 g/mol. The Hall–Kier alpha value is -0.630. The van der Waals surface area contributed by atoms with E-state index in [1.165, 1.54) is 0 Å². The Kier molecular flexibility index (Phi) is 3.19. The van der Waals surface area contributed by atoms with E-state index in [1.54, 1.807) is 0 Å². The molecule has 0 saturated heterocycles. The number of hydrogen-bond acceptors (Lipinski definition) is 2. The van der Waals surface area contributed by atoms with Gasteiger partial charge < -0.3 is 5.11 Å². The molecule has 2 saturated carbocycles. The normalized spacial score (nSPS) is 42.8. The molecule has 0 aromatic heterocycles. The minimum absolute atomic E-state index is 0.103. The molecule has 0 spiro atoms. The van der Waals surface area contributed by atoms with E-state index in [2.05, 4.69) is 27.4 Å². The van der Waals surface area contributed by atoms with Crippen molar-refractivity contribution in [1.29, 1.82) is 0 Å². The van der Waals surface area contributed by atoms with Crippen LogP contribution < -0.4 is 0 Å². The minimum atomic E-state index is -0.808. The number of aliphatic hydroxyl groups is 1. The Balaban J connectivity index is 2.38. The van der Waals surface area contributed by atoms with Crippen molar-refractivity contribution < 1.29 is 9.90 Å². The van der Waals surface area contributed by atoms with Crippen molar-refractivity contribution in [3.8, 4) is 0 Å². The summed E-state index contributed by atoms with van der Waals surface area (Å²) in [6.45, 7) is 10.3. The molecule has 2 heteroatoms. The molecule has 2 fully saturated rings. The van der Waals surface area contributed by atoms with Crippen molar-refractivity contribution in [3.63, 3.8) is 0 Å². The Labute approximate surface area is 104 Å². The molecule has 0 aliphatic heterocycles. The largest absolute Gasteiger partial charge is 0.389 e. The van der Waals surface area contributed by atoms with Crippen LogP contribution in [0, 0.1) is 23.7 Å². The third-order valence-electron chi connectivity index (χ3n) is 4.97. The summed E-state index contributed by atoms with van der Waals surface area (Å²) in [5.41, 5.74) is 0.148. The van der Waals surface area contributed by atoms with Crippen molar-refractivity contribution in [1.82, 2.24) is 0 Å². The first-order chi connectivity index (χ1) is 7.88. The van der Waals surface area contributed by atoms with Crippen LogP contribution in [-0.2, 0) is 4.79 Å². The van der Waals surface area contributed by atoms with Gasteiger partial charge in [0.2, 0.25) is 0 Å². The quantitative estimate of drug-likeness (QED) is 0.711. The van der Waals surface area contributed by atoms with Crippen LogP contribution in [0.4, 0.5) is 0 Å². The van der Waals surface area contributed by atoms with Gasteiger partial charge >= 0.3 is 0 Å². The molecule has 0 amide bonds. The fourth-order valence-electron chi connectivity index (χ4n) is 3.68. The van der Waals surface area contributed by atoms with E-state index >= 15 is 0 Å². The van der Waals surface area contributed by atoms with Gasteiger partial charge in [0.05, 0.1) is 11.5 Å². The second-order valence-corrected chi connectivity index (χ2v) is 6.31. The van der Waals surface area contributed by atoms with E-state index in [-0.39, 0.29) is 23.5 Å². The highest BCUT2D eigenvalue weighted by molar-refractivity contribution is 5.88. The first-order valence-electron chi connectivity index (χ1n) is 6.81. The van der Waals surface area contributed by atoms with Gasteiger partial charge in [-0.1, -0.05) is 32.9 Å². The van der Waals surface area contributed by atoms with Gasteiger partial charge in [0.1, 0.15) is 5.78 Å². The lowest BCUT2D eigenvalue weighted by Gasteiger charge is -2.33. The summed E-state index contributed by atoms with van der Waals surface area (Å²) in [6, 6.07) is 0. The molecule has 2 aliphatic carbocycles. The molecule has 2 rings (SSSR count). The molecular weight excluding hydrogens is 212 g/mol. The van der Waals surface area contributed by atoms with Crippen molar-refractivity contribution in [2.45, 2.75) is 52.1 Å². The SMILES string of the molecule is C=C1CCC2(O)C(C)CCC(C(C)C)C(=O)C12. The van der Waals surface area contributed by atoms with Crippen molar-refractivity contribution in [2.75, 3.05) is 0 Å². The van der Waals surface area contributed by atoms with E-state index in [4.69, 9.17) is 0 Å². The fraction of sp³-hybridized carbons (Fsp3) is 0.800. The van der Waals surface area contributed by atoms with E-state index in [9.17, 15) is 9.90 Å². The van der Waals surface area contributed by atoms with Crippen LogP contribution >= 0.6 is 0 Å². The summed E-state index contributed by atoms with van der Waals surface area (Å²) in [6.07, 6.45) is 3.40. The van der Waals surface area contributed by atoms with Gasteiger partial charge in [0.15, 0.2) is 0 Å². The molecule has 0 bridgehead atoms. The third-order valence-corrected chi connectivity index (χ3v) is 4.97. The second kappa shape index (κ2) is 4.24. The maximum absolute atomic E-state index is 12.6. The number of hydrogen-bond donors (Lipinski definition) is 1. The van der Waals surface area contributed by atoms with Crippen LogP contribution in [0.25, 0.3) is 0 Å². The summed E-state index contributed by atoms with van der Waals surface area (Å²) in [7, 11) is 0. The lowest BCUT2D eigenvalue weighted by Crippen LogP contribution is -2.43. The van der Waals surface area contributed by atoms with Crippen molar-refractivity contribution in [3.05, 3.63) is 12.2 Å². The summed E-state index contributed by atoms with van der Waals surface area (Å²) in [4.78, 5) is 12.6. The second-order valence-electron chi connectivity index (χ2n) is 6.31. The first kappa shape index (κ1) is 12.8. The van der Waals surface area contributed by atoms with Crippen molar-refractivity contribution in [2.24, 2.45) is 23.7 Å². The highest BCUT2D eigenvalue weighted by atomic mass is 16.3. The summed E-state index contributed by atoms with van der Waals surface area (Å²) < 4.78 is 0. The fourth-order valence-corrected chi connectivity index (χ4v) is 3.68. The topological polar surface area (TPSA) is 37.3 Å². The van der Waals surface area contributed by atoms with Crippen LogP contribution in [0.5, 0.6) is 0 Å². The highest BCUT2D eigenvalue weighted by Gasteiger charge is 2.53. The Morgan fingerprint density at radius 1 is 1.41 bits per heavy atom. The maximum atomic E-state index is 12.6. The zero-order chi connectivity index (χ0) is 12.8. The molecule has 0 aromatic carbocycles. The smallest absolute Gasteiger partial charge is 0.146 e. The van der Waals surface area contributed by atoms with Gasteiger partial charge in [-0.2, -0.15) is 0 Å². The van der Waals surface area contributed by atoms with Gasteiger partial charge in [-0.15, -0.1) is 0 Å². The standard InChI is InChI=1S/C15H24O2/c1-9(2)12-6-5-11(4)15(17)8-7-10(3)13(15)14(12)16/h9,11-13,17H,3,5-8H2,1-2,4H3. The van der Waals surface area contributed by atoms with Crippen molar-refractivity contribution >= 4 is 5.78 Å². The molecule has 4 unspecified atom stereocenters. The van der Waals surface area contributed by atoms with Gasteiger partial charge in [-0.3, -0.25) is 4.79 Å². The molecule has 0 aromatic rings. The maximum Gasteiger partial charge on any atom is 0.146 e. The first-order valence-corrected chi connectivity index (χ1v) is 6.81. The molecule has 0 radical (unpaired) electrons. The van der Waals surface area contributed by atoms with Gasteiger partial charge in [0, 0.05) is 5.92 Å². The molecule has 1 N–H and O–H groups in total. The van der Waals surface area contributed by atoms with Crippen LogP contribution in [0.15, 0.2) is 12.2 Å². The van der Waals surface area contributed by atoms with Gasteiger partial charge in [0.25, 0.3) is 0 Å². The number of Topliss-reactive ketones (excluding diaryl/α,β-unsaturated/α-hetero) is 1. The van der Waals surface area contributed by atoms with Crippen LogP contribution in [0.1, 0.15) is 46.5 Å². The number of carbonyl (C=O) groups is 1. The Morgan fingerprint density at radius 2 is 2.06 bits per heavy atom. The summed E-state index contributed by atoms with van der Waals surface area (Å²) in [5.74, 6) is 0.623. The number of fused-ring (bicyclic) bond motifs is 1. The summed E-state index contributed by atoms with van der Waals surface area (Å²) >= 11 is 0. The molecule has 2 nitrogen and oxygen atoms in total. The van der Waals surface area contributed by atoms with E-state index in [0.29, 0.717) is 12.3 Å². The van der Waals surface area contributed by atoms with Gasteiger partial charge in [-0.25, -0.2) is 0 Å². The Morgan fingerprint density at radius 3 is 2.65 bits per heavy atom. The number of carbonyl (C=O) groups excluding carboxylic acids is 1. The molecule has 2 aliphatic rings. The lowest BCUT2D eigenvalue weighted by molar-refractivity contribution is -0.134. The molecule has 96 valence electrons. The molecule has 17 heavy (non-hydrogen) atoms. The summed E-state index contributed by atoms with van der Waals surface area (Å²) in [5, 5.41) is 10.8. The van der Waals surface area contributed by atoms with Crippen LogP contribution in [0.3, 0.4) is 0 Å².